The average Bonchev–Trinajstić information content (AvgIpc) is 1.53. The number of pyridine rings is 2. The van der Waals surface area contributed by atoms with Crippen molar-refractivity contribution < 1.29 is 55.7 Å². The first kappa shape index (κ1) is 60.5. The van der Waals surface area contributed by atoms with Gasteiger partial charge in [0.1, 0.15) is 66.6 Å². The maximum atomic E-state index is 17.5. The minimum atomic E-state index is -2.13. The molecule has 4 aromatic heterocycles. The molecule has 20 nitrogen and oxygen atoms in total. The number of ether oxygens (including phenoxy) is 4. The molecule has 13 rings (SSSR count). The fraction of sp³-hybridized carbons (Fsp3) is 0.422. The van der Waals surface area contributed by atoms with Gasteiger partial charge >= 0.3 is 24.0 Å². The molecule has 1 aliphatic carbocycles. The van der Waals surface area contributed by atoms with E-state index in [1.54, 1.807) is 33.8 Å². The number of alkyl halides is 1. The molecule has 7 aromatic rings. The number of hydrogen-bond acceptors (Lipinski definition) is 18. The van der Waals surface area contributed by atoms with E-state index in [-0.39, 0.29) is 128 Å². The highest BCUT2D eigenvalue weighted by atomic mass is 35.5. The standard InChI is InChI=1S/C64H62ClF4N11O9S/c1-7-64(40-18-46-53-38(24-80(46)59(83)39(40)27-86-60(64)84)50-44(71)12-10-34-32(6)43(68)19-45(73-53)51(34)50)89-47(81)25-79(29(2)3)62(85)87-26-30(4)58(82)76-15-16-78(31(5)22-76)57-36-17-41(65)49(35-9-11-42(67)55-48(35)37(21-70)56(72)90-55)52(69)54(36)74-61(75-57)88-28-63-13-8-14-77(63)23-33(66)20-63/h9,11,17-19,29,31,33,44H,4,7-8,10,12-16,20,22-28,71-72H2,1-3,5-6H3. The number of hydrogen-bond donors (Lipinski definition) is 2. The highest BCUT2D eigenvalue weighted by Crippen LogP contribution is 2.49. The molecule has 6 aliphatic rings. The summed E-state index contributed by atoms with van der Waals surface area (Å²) in [5.74, 6) is -4.29. The SMILES string of the molecule is C=C(COC(=O)N(CC(=O)OC1(CC)C(=O)OCc2c1cc1n(c2=O)Cc2c-1nc1cc(F)c(C)c3c1c2C(N)CC3)C(C)C)C(=O)N1CCN(c2nc(OCC34CCCN3CC(F)C4)nc3c(F)c(-c4ccc(F)c5sc(N)c(C#N)c45)c(Cl)cc23)C(C)C1. The van der Waals surface area contributed by atoms with Gasteiger partial charge in [-0.3, -0.25) is 24.2 Å². The van der Waals surface area contributed by atoms with Gasteiger partial charge in [-0.15, -0.1) is 11.3 Å². The van der Waals surface area contributed by atoms with Gasteiger partial charge in [0, 0.05) is 95.2 Å². The van der Waals surface area contributed by atoms with Gasteiger partial charge < -0.3 is 44.8 Å². The first-order chi connectivity index (χ1) is 43.0. The molecule has 90 heavy (non-hydrogen) atoms. The summed E-state index contributed by atoms with van der Waals surface area (Å²) in [7, 11) is 0. The Kier molecular flexibility index (Phi) is 15.1. The topological polar surface area (TPSA) is 255 Å². The molecule has 5 atom stereocenters. The van der Waals surface area contributed by atoms with Crippen LogP contribution in [0.5, 0.6) is 6.01 Å². The summed E-state index contributed by atoms with van der Waals surface area (Å²) in [5.41, 5.74) is 13.4. The Balaban J connectivity index is 0.715. The van der Waals surface area contributed by atoms with Crippen molar-refractivity contribution in [2.75, 3.05) is 63.1 Å². The predicted octanol–water partition coefficient (Wildman–Crippen LogP) is 9.33. The first-order valence-electron chi connectivity index (χ1n) is 29.8. The van der Waals surface area contributed by atoms with Crippen LogP contribution in [0.25, 0.3) is 54.4 Å². The van der Waals surface area contributed by atoms with Crippen molar-refractivity contribution in [1.29, 1.82) is 5.26 Å². The van der Waals surface area contributed by atoms with E-state index < -0.39 is 102 Å². The van der Waals surface area contributed by atoms with Crippen molar-refractivity contribution in [3.63, 3.8) is 0 Å². The lowest BCUT2D eigenvalue weighted by Gasteiger charge is -2.41. The number of rotatable bonds is 13. The largest absolute Gasteiger partial charge is 0.461 e. The van der Waals surface area contributed by atoms with Gasteiger partial charge in [-0.1, -0.05) is 31.2 Å². The van der Waals surface area contributed by atoms with Gasteiger partial charge in [-0.2, -0.15) is 15.2 Å². The third-order valence-corrected chi connectivity index (χ3v) is 20.3. The quantitative estimate of drug-likeness (QED) is 0.0472. The number of anilines is 2. The number of amides is 2. The van der Waals surface area contributed by atoms with Crippen molar-refractivity contribution in [2.45, 2.75) is 122 Å². The summed E-state index contributed by atoms with van der Waals surface area (Å²) in [4.78, 5) is 91.5. The third kappa shape index (κ3) is 9.57. The molecule has 5 aliphatic heterocycles. The number of nitrogen functional groups attached to an aromatic ring is 1. The number of carbonyl (C=O) groups excluding carboxylic acids is 4. The number of benzene rings is 3. The highest BCUT2D eigenvalue weighted by molar-refractivity contribution is 7.23. The smallest absolute Gasteiger partial charge is 0.410 e. The van der Waals surface area contributed by atoms with Crippen molar-refractivity contribution in [1.82, 2.24) is 34.2 Å². The van der Waals surface area contributed by atoms with E-state index in [0.717, 1.165) is 45.2 Å². The molecular formula is C64H62ClF4N11O9S. The second-order valence-electron chi connectivity index (χ2n) is 24.5. The van der Waals surface area contributed by atoms with Crippen molar-refractivity contribution in [3.8, 4) is 34.6 Å². The minimum absolute atomic E-state index is 0.0224. The van der Waals surface area contributed by atoms with E-state index in [1.165, 1.54) is 27.7 Å². The summed E-state index contributed by atoms with van der Waals surface area (Å²) in [6, 6.07) is 7.10. The maximum absolute atomic E-state index is 17.5. The third-order valence-electron chi connectivity index (χ3n) is 19.0. The monoisotopic (exact) mass is 1270 g/mol. The van der Waals surface area contributed by atoms with Crippen LogP contribution < -0.4 is 26.7 Å². The normalized spacial score (nSPS) is 21.7. The molecule has 468 valence electrons. The molecule has 5 unspecified atom stereocenters. The molecule has 26 heteroatoms. The van der Waals surface area contributed by atoms with Crippen LogP contribution in [0.3, 0.4) is 0 Å². The molecule has 3 aromatic carbocycles. The number of piperazine rings is 1. The molecule has 0 saturated carbocycles. The van der Waals surface area contributed by atoms with Gasteiger partial charge in [0.2, 0.25) is 5.60 Å². The second kappa shape index (κ2) is 22.5. The van der Waals surface area contributed by atoms with E-state index in [0.29, 0.717) is 53.8 Å². The Labute approximate surface area is 521 Å². The summed E-state index contributed by atoms with van der Waals surface area (Å²) in [5, 5.41) is 11.1. The number of aryl methyl sites for hydroxylation is 1. The predicted molar refractivity (Wildman–Crippen MR) is 327 cm³/mol. The average molecular weight is 1270 g/mol. The lowest BCUT2D eigenvalue weighted by molar-refractivity contribution is -0.190. The molecule has 9 heterocycles. The number of thiophene rings is 1. The van der Waals surface area contributed by atoms with Crippen LogP contribution in [0.2, 0.25) is 5.02 Å². The van der Waals surface area contributed by atoms with Crippen LogP contribution in [-0.4, -0.2) is 134 Å². The Bertz CT molecular complexity index is 4420. The van der Waals surface area contributed by atoms with Crippen LogP contribution in [-0.2, 0) is 53.8 Å². The Morgan fingerprint density at radius 3 is 2.58 bits per heavy atom. The molecule has 4 N–H and O–H groups in total. The van der Waals surface area contributed by atoms with E-state index >= 15 is 13.2 Å². The van der Waals surface area contributed by atoms with Crippen LogP contribution in [0.15, 0.2) is 47.3 Å². The number of aromatic nitrogens is 4. The number of halogens is 5. The maximum Gasteiger partial charge on any atom is 0.410 e. The lowest BCUT2D eigenvalue weighted by atomic mass is 9.82. The summed E-state index contributed by atoms with van der Waals surface area (Å²) >= 11 is 7.85. The zero-order chi connectivity index (χ0) is 63.7. The second-order valence-corrected chi connectivity index (χ2v) is 25.9. The van der Waals surface area contributed by atoms with Gasteiger partial charge in [-0.05, 0) is 107 Å². The molecule has 0 bridgehead atoms. The van der Waals surface area contributed by atoms with E-state index in [1.807, 2.05) is 17.9 Å². The molecule has 0 radical (unpaired) electrons. The van der Waals surface area contributed by atoms with Gasteiger partial charge in [-0.25, -0.2) is 32.1 Å². The highest BCUT2D eigenvalue weighted by Gasteiger charge is 2.52. The molecule has 2 amide bonds. The number of cyclic esters (lactones) is 1. The Morgan fingerprint density at radius 2 is 1.83 bits per heavy atom. The fourth-order valence-electron chi connectivity index (χ4n) is 14.4. The lowest BCUT2D eigenvalue weighted by Crippen LogP contribution is -2.54. The van der Waals surface area contributed by atoms with Crippen molar-refractivity contribution >= 4 is 89.6 Å². The number of carbonyl (C=O) groups is 4. The number of nitriles is 1. The summed E-state index contributed by atoms with van der Waals surface area (Å²) < 4.78 is 88.1. The molecule has 0 spiro atoms. The van der Waals surface area contributed by atoms with Crippen molar-refractivity contribution in [2.24, 2.45) is 5.73 Å². The Morgan fingerprint density at radius 1 is 1.04 bits per heavy atom. The van der Waals surface area contributed by atoms with Crippen LogP contribution >= 0.6 is 22.9 Å². The zero-order valence-electron chi connectivity index (χ0n) is 49.9. The first-order valence-corrected chi connectivity index (χ1v) is 31.0. The Hall–Kier alpha value is -8.44. The zero-order valence-corrected chi connectivity index (χ0v) is 51.4. The fourth-order valence-corrected chi connectivity index (χ4v) is 15.6. The number of nitrogens with two attached hydrogens (primary N) is 2. The number of fused-ring (bicyclic) bond motifs is 8. The minimum Gasteiger partial charge on any atom is -0.461 e. The van der Waals surface area contributed by atoms with Crippen LogP contribution in [0.1, 0.15) is 105 Å². The summed E-state index contributed by atoms with van der Waals surface area (Å²) in [6.45, 7) is 12.0. The van der Waals surface area contributed by atoms with Crippen molar-refractivity contribution in [3.05, 3.63) is 114 Å². The van der Waals surface area contributed by atoms with Gasteiger partial charge in [0.05, 0.1) is 49.8 Å². The van der Waals surface area contributed by atoms with Gasteiger partial charge in [0.15, 0.2) is 5.82 Å². The number of esters is 2. The molecular weight excluding hydrogens is 1210 g/mol. The van der Waals surface area contributed by atoms with Crippen LogP contribution in [0, 0.1) is 35.7 Å². The van der Waals surface area contributed by atoms with Crippen LogP contribution in [0.4, 0.5) is 33.2 Å². The summed E-state index contributed by atoms with van der Waals surface area (Å²) in [6.07, 6.45) is 0.649. The molecule has 3 saturated heterocycles. The van der Waals surface area contributed by atoms with Gasteiger partial charge in [0.25, 0.3) is 11.5 Å². The number of nitrogens with zero attached hydrogens (tertiary/aromatic N) is 9. The van der Waals surface area contributed by atoms with E-state index in [9.17, 15) is 33.6 Å². The molecule has 3 fully saturated rings. The van der Waals surface area contributed by atoms with E-state index in [4.69, 9.17) is 52.0 Å². The van der Waals surface area contributed by atoms with E-state index in [2.05, 4.69) is 16.5 Å².